The van der Waals surface area contributed by atoms with Crippen molar-refractivity contribution in [2.45, 2.75) is 30.5 Å². The first-order chi connectivity index (χ1) is 17.1. The summed E-state index contributed by atoms with van der Waals surface area (Å²) < 4.78 is 29.0. The van der Waals surface area contributed by atoms with E-state index in [1.54, 1.807) is 14.2 Å². The Morgan fingerprint density at radius 3 is 1.94 bits per heavy atom. The third-order valence-electron chi connectivity index (χ3n) is 6.18. The van der Waals surface area contributed by atoms with Crippen LogP contribution in [0.2, 0.25) is 0 Å². The minimum atomic E-state index is -0.985. The van der Waals surface area contributed by atoms with Gasteiger partial charge in [0.05, 0.1) is 26.9 Å². The highest BCUT2D eigenvalue weighted by Gasteiger charge is 2.41. The molecule has 6 nitrogen and oxygen atoms in total. The van der Waals surface area contributed by atoms with Crippen LogP contribution in [0.1, 0.15) is 23.1 Å². The Bertz CT molecular complexity index is 1060. The molecule has 0 aromatic heterocycles. The van der Waals surface area contributed by atoms with Gasteiger partial charge in [-0.15, -0.1) is 6.42 Å². The monoisotopic (exact) mass is 474 g/mol. The number of rotatable bonds is 10. The largest absolute Gasteiger partial charge is 0.497 e. The lowest BCUT2D eigenvalue weighted by Gasteiger charge is -2.37. The summed E-state index contributed by atoms with van der Waals surface area (Å²) in [5.74, 6) is 3.92. The van der Waals surface area contributed by atoms with E-state index in [0.29, 0.717) is 6.42 Å². The Labute approximate surface area is 206 Å². The summed E-state index contributed by atoms with van der Waals surface area (Å²) >= 11 is 0. The summed E-state index contributed by atoms with van der Waals surface area (Å²) in [4.78, 5) is 0. The number of aliphatic hydroxyl groups excluding tert-OH is 1. The van der Waals surface area contributed by atoms with Crippen molar-refractivity contribution >= 4 is 0 Å². The molecule has 0 saturated carbocycles. The minimum absolute atomic E-state index is 0.122. The first-order valence-electron chi connectivity index (χ1n) is 11.5. The van der Waals surface area contributed by atoms with Gasteiger partial charge in [-0.25, -0.2) is 0 Å². The van der Waals surface area contributed by atoms with Gasteiger partial charge in [0.2, 0.25) is 0 Å². The fraction of sp³-hybridized carbons (Fsp3) is 0.310. The highest BCUT2D eigenvalue weighted by molar-refractivity contribution is 5.49. The molecular weight excluding hydrogens is 444 g/mol. The number of terminal acetylenes is 1. The van der Waals surface area contributed by atoms with E-state index >= 15 is 0 Å². The van der Waals surface area contributed by atoms with Gasteiger partial charge in [0.25, 0.3) is 0 Å². The molecule has 182 valence electrons. The molecule has 1 N–H and O–H groups in total. The molecule has 0 spiro atoms. The zero-order chi connectivity index (χ0) is 24.7. The maximum Gasteiger partial charge on any atom is 0.162 e. The van der Waals surface area contributed by atoms with Crippen molar-refractivity contribution in [1.29, 1.82) is 0 Å². The van der Waals surface area contributed by atoms with Gasteiger partial charge in [-0.1, -0.05) is 60.5 Å². The summed E-state index contributed by atoms with van der Waals surface area (Å²) in [6, 6.07) is 25.6. The van der Waals surface area contributed by atoms with Crippen molar-refractivity contribution < 1.29 is 28.8 Å². The van der Waals surface area contributed by atoms with E-state index in [1.807, 2.05) is 78.9 Å². The smallest absolute Gasteiger partial charge is 0.162 e. The van der Waals surface area contributed by atoms with Crippen molar-refractivity contribution in [1.82, 2.24) is 0 Å². The number of methoxy groups -OCH3 is 2. The van der Waals surface area contributed by atoms with Crippen LogP contribution in [0.5, 0.6) is 11.5 Å². The van der Waals surface area contributed by atoms with Crippen LogP contribution in [-0.4, -0.2) is 51.0 Å². The predicted octanol–water partition coefficient (Wildman–Crippen LogP) is 4.14. The van der Waals surface area contributed by atoms with Gasteiger partial charge in [0.15, 0.2) is 6.29 Å². The van der Waals surface area contributed by atoms with Gasteiger partial charge in [-0.05, 0) is 41.0 Å². The van der Waals surface area contributed by atoms with E-state index in [9.17, 15) is 5.11 Å². The van der Waals surface area contributed by atoms with Crippen LogP contribution in [0, 0.1) is 12.3 Å². The average Bonchev–Trinajstić information content (AvgIpc) is 3.28. The number of benzene rings is 3. The topological polar surface area (TPSA) is 66.4 Å². The lowest BCUT2D eigenvalue weighted by atomic mass is 9.80. The molecule has 0 aliphatic carbocycles. The maximum atomic E-state index is 10.6. The summed E-state index contributed by atoms with van der Waals surface area (Å²) in [5, 5.41) is 10.6. The van der Waals surface area contributed by atoms with E-state index in [-0.39, 0.29) is 13.2 Å². The lowest BCUT2D eigenvalue weighted by molar-refractivity contribution is -0.150. The molecule has 0 amide bonds. The summed E-state index contributed by atoms with van der Waals surface area (Å²) in [5.41, 5.74) is 1.76. The van der Waals surface area contributed by atoms with Crippen LogP contribution in [0.15, 0.2) is 78.9 Å². The second-order valence-electron chi connectivity index (χ2n) is 8.24. The van der Waals surface area contributed by atoms with Crippen molar-refractivity contribution in [2.75, 3.05) is 27.4 Å². The Kier molecular flexibility index (Phi) is 8.06. The third kappa shape index (κ3) is 5.34. The zero-order valence-corrected chi connectivity index (χ0v) is 19.9. The molecule has 3 aromatic carbocycles. The van der Waals surface area contributed by atoms with E-state index < -0.39 is 24.1 Å². The molecule has 4 rings (SSSR count). The van der Waals surface area contributed by atoms with Gasteiger partial charge in [-0.3, -0.25) is 0 Å². The number of hydrogen-bond donors (Lipinski definition) is 1. The van der Waals surface area contributed by atoms with Crippen LogP contribution >= 0.6 is 0 Å². The fourth-order valence-electron chi connectivity index (χ4n) is 4.37. The van der Waals surface area contributed by atoms with E-state index in [0.717, 1.165) is 28.2 Å². The normalized spacial score (nSPS) is 19.8. The molecule has 1 saturated heterocycles. The lowest BCUT2D eigenvalue weighted by Crippen LogP contribution is -2.38. The van der Waals surface area contributed by atoms with Gasteiger partial charge < -0.3 is 28.8 Å². The Balaban J connectivity index is 1.75. The summed E-state index contributed by atoms with van der Waals surface area (Å²) in [6.45, 7) is 0.251. The maximum absolute atomic E-state index is 10.6. The average molecular weight is 475 g/mol. The van der Waals surface area contributed by atoms with Crippen LogP contribution in [0.4, 0.5) is 0 Å². The predicted molar refractivity (Wildman–Crippen MR) is 132 cm³/mol. The first kappa shape index (κ1) is 24.8. The molecule has 6 heteroatoms. The Hall–Kier alpha value is -3.34. The van der Waals surface area contributed by atoms with Crippen molar-refractivity contribution in [3.8, 4) is 23.8 Å². The molecule has 1 fully saturated rings. The number of ether oxygens (including phenoxy) is 5. The highest BCUT2D eigenvalue weighted by Crippen LogP contribution is 2.42. The first-order valence-corrected chi connectivity index (χ1v) is 11.5. The molecule has 35 heavy (non-hydrogen) atoms. The molecule has 3 aromatic rings. The number of hydrogen-bond acceptors (Lipinski definition) is 6. The second-order valence-corrected chi connectivity index (χ2v) is 8.24. The second kappa shape index (κ2) is 11.4. The zero-order valence-electron chi connectivity index (χ0n) is 19.9. The molecule has 1 aliphatic heterocycles. The molecule has 1 aliphatic rings. The van der Waals surface area contributed by atoms with E-state index in [1.165, 1.54) is 0 Å². The van der Waals surface area contributed by atoms with E-state index in [4.69, 9.17) is 30.1 Å². The van der Waals surface area contributed by atoms with Gasteiger partial charge in [-0.2, -0.15) is 0 Å². The molecule has 0 radical (unpaired) electrons. The molecule has 0 bridgehead atoms. The summed E-state index contributed by atoms with van der Waals surface area (Å²) in [6.07, 6.45) is 3.75. The van der Waals surface area contributed by atoms with Gasteiger partial charge in [0, 0.05) is 6.42 Å². The van der Waals surface area contributed by atoms with Crippen LogP contribution in [0.25, 0.3) is 0 Å². The van der Waals surface area contributed by atoms with Crippen LogP contribution in [-0.2, 0) is 19.8 Å². The Morgan fingerprint density at radius 1 is 0.886 bits per heavy atom. The molecule has 1 heterocycles. The van der Waals surface area contributed by atoms with E-state index in [2.05, 4.69) is 5.92 Å². The quantitative estimate of drug-likeness (QED) is 0.352. The SMILES string of the molecule is C#CCO[C@H]1CC(O)[C@@H](COC(c2ccccc2)(c2ccc(OC)cc2)c2ccc(OC)cc2)O1. The van der Waals surface area contributed by atoms with Crippen molar-refractivity contribution in [3.05, 3.63) is 95.6 Å². The molecule has 3 atom stereocenters. The van der Waals surface area contributed by atoms with Gasteiger partial charge in [0.1, 0.15) is 29.8 Å². The molecule has 1 unspecified atom stereocenters. The summed E-state index contributed by atoms with van der Waals surface area (Å²) in [7, 11) is 3.27. The van der Waals surface area contributed by atoms with Crippen molar-refractivity contribution in [3.63, 3.8) is 0 Å². The van der Waals surface area contributed by atoms with Crippen LogP contribution < -0.4 is 9.47 Å². The van der Waals surface area contributed by atoms with Crippen LogP contribution in [0.3, 0.4) is 0 Å². The highest BCUT2D eigenvalue weighted by atomic mass is 16.7. The third-order valence-corrected chi connectivity index (χ3v) is 6.18. The standard InChI is InChI=1S/C29H30O6/c1-4-18-33-28-19-26(30)27(35-28)20-34-29(21-8-6-5-7-9-21,22-10-14-24(31-2)15-11-22)23-12-16-25(32-3)17-13-23/h1,5-17,26-28,30H,18-20H2,2-3H3/t26?,27-,28-/m1/s1. The fourth-order valence-corrected chi connectivity index (χ4v) is 4.37. The molecular formula is C29H30O6. The van der Waals surface area contributed by atoms with Gasteiger partial charge >= 0.3 is 0 Å². The number of aliphatic hydroxyl groups is 1. The van der Waals surface area contributed by atoms with Crippen molar-refractivity contribution in [2.24, 2.45) is 0 Å². The Morgan fingerprint density at radius 2 is 1.43 bits per heavy atom. The minimum Gasteiger partial charge on any atom is -0.497 e.